The molecular weight excluding hydrogens is 342 g/mol. The van der Waals surface area contributed by atoms with E-state index in [9.17, 15) is 9.90 Å². The van der Waals surface area contributed by atoms with Crippen LogP contribution in [0.2, 0.25) is 0 Å². The van der Waals surface area contributed by atoms with E-state index in [-0.39, 0.29) is 17.4 Å². The highest BCUT2D eigenvalue weighted by Crippen LogP contribution is 2.42. The molecule has 1 aromatic rings. The first-order valence-electron chi connectivity index (χ1n) is 10.2. The van der Waals surface area contributed by atoms with Gasteiger partial charge in [-0.3, -0.25) is 4.79 Å². The van der Waals surface area contributed by atoms with E-state index >= 15 is 0 Å². The maximum absolute atomic E-state index is 12.8. The summed E-state index contributed by atoms with van der Waals surface area (Å²) in [5.74, 6) is 2.24. The van der Waals surface area contributed by atoms with Crippen LogP contribution in [0.1, 0.15) is 38.5 Å². The summed E-state index contributed by atoms with van der Waals surface area (Å²) in [6.07, 6.45) is 8.93. The highest BCUT2D eigenvalue weighted by atomic mass is 16.3. The van der Waals surface area contributed by atoms with Crippen molar-refractivity contribution in [3.63, 3.8) is 0 Å². The number of piperidine rings is 2. The Morgan fingerprint density at radius 2 is 1.93 bits per heavy atom. The molecule has 0 radical (unpaired) electrons. The van der Waals surface area contributed by atoms with Crippen LogP contribution < -0.4 is 9.80 Å². The number of aliphatic hydroxyl groups is 1. The van der Waals surface area contributed by atoms with Crippen LogP contribution in [0, 0.1) is 11.3 Å². The second-order valence-electron chi connectivity index (χ2n) is 8.68. The molecule has 3 heterocycles. The Labute approximate surface area is 161 Å². The number of amides is 1. The zero-order chi connectivity index (χ0) is 19.0. The molecule has 2 atom stereocenters. The summed E-state index contributed by atoms with van der Waals surface area (Å²) in [4.78, 5) is 28.2. The van der Waals surface area contributed by atoms with Gasteiger partial charge in [-0.1, -0.05) is 6.42 Å². The molecule has 1 spiro atoms. The van der Waals surface area contributed by atoms with Crippen molar-refractivity contribution >= 4 is 17.5 Å². The predicted molar refractivity (Wildman–Crippen MR) is 105 cm³/mol. The monoisotopic (exact) mass is 373 g/mol. The number of rotatable bonds is 3. The quantitative estimate of drug-likeness (QED) is 0.866. The lowest BCUT2D eigenvalue weighted by Crippen LogP contribution is -2.60. The maximum Gasteiger partial charge on any atom is 0.225 e. The molecule has 1 amide bonds. The number of likely N-dealkylation sites (tertiary alicyclic amines) is 1. The summed E-state index contributed by atoms with van der Waals surface area (Å²) in [5.41, 5.74) is -0.267. The lowest BCUT2D eigenvalue weighted by Gasteiger charge is -2.52. The van der Waals surface area contributed by atoms with Crippen molar-refractivity contribution in [2.45, 2.75) is 44.6 Å². The largest absolute Gasteiger partial charge is 0.392 e. The van der Waals surface area contributed by atoms with E-state index in [1.807, 2.05) is 23.9 Å². The molecule has 1 saturated carbocycles. The van der Waals surface area contributed by atoms with Gasteiger partial charge in [0.15, 0.2) is 11.6 Å². The summed E-state index contributed by atoms with van der Waals surface area (Å²) in [7, 11) is 3.95. The van der Waals surface area contributed by atoms with Gasteiger partial charge >= 0.3 is 0 Å². The standard InChI is InChI=1S/C20H31N5O2/c1-23(2)17-18(22-10-9-21-17)24-12-7-16(26)20(13-24)8-4-11-25(14-20)19(27)15-5-3-6-15/h9-10,15-16,26H,3-8,11-14H2,1-2H3/t16-,20-/m1/s1. The average Bonchev–Trinajstić information content (AvgIpc) is 2.63. The Morgan fingerprint density at radius 3 is 2.63 bits per heavy atom. The number of carbonyl (C=O) groups is 1. The number of aromatic nitrogens is 2. The van der Waals surface area contributed by atoms with Gasteiger partial charge < -0.3 is 19.8 Å². The van der Waals surface area contributed by atoms with Crippen LogP contribution in [0.15, 0.2) is 12.4 Å². The van der Waals surface area contributed by atoms with Gasteiger partial charge in [-0.05, 0) is 32.1 Å². The molecule has 0 aromatic carbocycles. The molecule has 7 nitrogen and oxygen atoms in total. The number of hydrogen-bond donors (Lipinski definition) is 1. The minimum absolute atomic E-state index is 0.220. The van der Waals surface area contributed by atoms with Crippen molar-refractivity contribution in [3.8, 4) is 0 Å². The van der Waals surface area contributed by atoms with Crippen molar-refractivity contribution < 1.29 is 9.90 Å². The van der Waals surface area contributed by atoms with Crippen molar-refractivity contribution in [1.29, 1.82) is 0 Å². The van der Waals surface area contributed by atoms with Gasteiger partial charge in [0.2, 0.25) is 5.91 Å². The summed E-state index contributed by atoms with van der Waals surface area (Å²) in [6, 6.07) is 0. The molecular formula is C20H31N5O2. The van der Waals surface area contributed by atoms with Crippen LogP contribution in [0.25, 0.3) is 0 Å². The molecule has 0 unspecified atom stereocenters. The third-order valence-electron chi connectivity index (χ3n) is 6.64. The third kappa shape index (κ3) is 3.37. The normalized spacial score (nSPS) is 28.9. The van der Waals surface area contributed by atoms with Crippen molar-refractivity contribution in [3.05, 3.63) is 12.4 Å². The Bertz CT molecular complexity index is 693. The van der Waals surface area contributed by atoms with Crippen molar-refractivity contribution in [2.24, 2.45) is 11.3 Å². The second-order valence-corrected chi connectivity index (χ2v) is 8.68. The third-order valence-corrected chi connectivity index (χ3v) is 6.64. The minimum Gasteiger partial charge on any atom is -0.392 e. The Kier molecular flexibility index (Phi) is 4.97. The SMILES string of the molecule is CN(C)c1nccnc1N1CC[C@@H](O)[C@]2(CCCN(C(=O)C3CCC3)C2)C1. The van der Waals surface area contributed by atoms with Crippen LogP contribution >= 0.6 is 0 Å². The number of hydrogen-bond acceptors (Lipinski definition) is 6. The Morgan fingerprint density at radius 1 is 1.15 bits per heavy atom. The first-order chi connectivity index (χ1) is 13.0. The number of carbonyl (C=O) groups excluding carboxylic acids is 1. The first-order valence-corrected chi connectivity index (χ1v) is 10.2. The van der Waals surface area contributed by atoms with Crippen LogP contribution in [-0.2, 0) is 4.79 Å². The molecule has 2 saturated heterocycles. The Balaban J connectivity index is 1.56. The summed E-state index contributed by atoms with van der Waals surface area (Å²) >= 11 is 0. The predicted octanol–water partition coefficient (Wildman–Crippen LogP) is 1.52. The topological polar surface area (TPSA) is 72.8 Å². The Hall–Kier alpha value is -1.89. The van der Waals surface area contributed by atoms with Gasteiger partial charge in [0.05, 0.1) is 6.10 Å². The average molecular weight is 374 g/mol. The second kappa shape index (κ2) is 7.26. The maximum atomic E-state index is 12.8. The van der Waals surface area contributed by atoms with Crippen molar-refractivity contribution in [1.82, 2.24) is 14.9 Å². The molecule has 3 aliphatic rings. The van der Waals surface area contributed by atoms with Gasteiger partial charge in [0.25, 0.3) is 0 Å². The van der Waals surface area contributed by atoms with E-state index in [0.717, 1.165) is 57.0 Å². The fraction of sp³-hybridized carbons (Fsp3) is 0.750. The van der Waals surface area contributed by atoms with Crippen LogP contribution in [-0.4, -0.2) is 72.3 Å². The molecule has 27 heavy (non-hydrogen) atoms. The highest BCUT2D eigenvalue weighted by molar-refractivity contribution is 5.79. The molecule has 7 heteroatoms. The van der Waals surface area contributed by atoms with Crippen molar-refractivity contribution in [2.75, 3.05) is 50.1 Å². The van der Waals surface area contributed by atoms with Gasteiger partial charge in [-0.15, -0.1) is 0 Å². The number of anilines is 2. The van der Waals surface area contributed by atoms with Gasteiger partial charge in [-0.2, -0.15) is 0 Å². The van der Waals surface area contributed by atoms with Crippen LogP contribution in [0.5, 0.6) is 0 Å². The summed E-state index contributed by atoms with van der Waals surface area (Å²) in [5, 5.41) is 10.9. The fourth-order valence-corrected chi connectivity index (χ4v) is 4.85. The zero-order valence-electron chi connectivity index (χ0n) is 16.5. The molecule has 2 aliphatic heterocycles. The summed E-state index contributed by atoms with van der Waals surface area (Å²) < 4.78 is 0. The van der Waals surface area contributed by atoms with E-state index in [1.54, 1.807) is 12.4 Å². The van der Waals surface area contributed by atoms with E-state index in [1.165, 1.54) is 6.42 Å². The van der Waals surface area contributed by atoms with E-state index in [4.69, 9.17) is 0 Å². The molecule has 4 rings (SSSR count). The molecule has 148 valence electrons. The van der Waals surface area contributed by atoms with Crippen LogP contribution in [0.4, 0.5) is 11.6 Å². The first kappa shape index (κ1) is 18.5. The fourth-order valence-electron chi connectivity index (χ4n) is 4.85. The van der Waals surface area contributed by atoms with E-state index in [2.05, 4.69) is 14.9 Å². The molecule has 0 bridgehead atoms. The molecule has 3 fully saturated rings. The number of nitrogens with zero attached hydrogens (tertiary/aromatic N) is 5. The zero-order valence-corrected chi connectivity index (χ0v) is 16.5. The van der Waals surface area contributed by atoms with E-state index in [0.29, 0.717) is 18.9 Å². The summed E-state index contributed by atoms with van der Waals surface area (Å²) in [6.45, 7) is 2.98. The minimum atomic E-state index is -0.370. The number of aliphatic hydroxyl groups excluding tert-OH is 1. The van der Waals surface area contributed by atoms with Gasteiger partial charge in [0, 0.05) is 64.0 Å². The van der Waals surface area contributed by atoms with E-state index < -0.39 is 0 Å². The smallest absolute Gasteiger partial charge is 0.225 e. The molecule has 1 N–H and O–H groups in total. The molecule has 1 aliphatic carbocycles. The molecule has 1 aromatic heterocycles. The van der Waals surface area contributed by atoms with Gasteiger partial charge in [-0.25, -0.2) is 9.97 Å². The highest BCUT2D eigenvalue weighted by Gasteiger charge is 2.47. The lowest BCUT2D eigenvalue weighted by atomic mass is 9.71. The van der Waals surface area contributed by atoms with Crippen LogP contribution in [0.3, 0.4) is 0 Å². The van der Waals surface area contributed by atoms with Gasteiger partial charge in [0.1, 0.15) is 0 Å². The lowest BCUT2D eigenvalue weighted by molar-refractivity contribution is -0.144.